The van der Waals surface area contributed by atoms with Gasteiger partial charge in [-0.05, 0) is 35.7 Å². The number of benzene rings is 1. The fourth-order valence-electron chi connectivity index (χ4n) is 4.91. The van der Waals surface area contributed by atoms with Crippen molar-refractivity contribution in [2.24, 2.45) is 11.8 Å². The summed E-state index contributed by atoms with van der Waals surface area (Å²) in [6, 6.07) is 4.77. The maximum Gasteiger partial charge on any atom is 0.219 e. The molecule has 1 saturated heterocycles. The largest absolute Gasteiger partial charge is 0.384 e. The average Bonchev–Trinajstić information content (AvgIpc) is 3.06. The third-order valence-corrected chi connectivity index (χ3v) is 6.46. The molecular weight excluding hydrogens is 388 g/mol. The maximum atomic E-state index is 15.5. The number of H-pyrrole nitrogens is 1. The van der Waals surface area contributed by atoms with E-state index in [0.29, 0.717) is 40.8 Å². The van der Waals surface area contributed by atoms with Gasteiger partial charge in [-0.3, -0.25) is 4.79 Å². The molecule has 0 spiro atoms. The fraction of sp³-hybridized carbons (Fsp3) is 0.391. The molecule has 1 aliphatic rings. The fourth-order valence-corrected chi connectivity index (χ4v) is 4.91. The first-order chi connectivity index (χ1) is 14.1. The number of likely N-dealkylation sites (tertiary alicyclic amines) is 1. The summed E-state index contributed by atoms with van der Waals surface area (Å²) in [6.07, 6.45) is 2.78. The van der Waals surface area contributed by atoms with Crippen molar-refractivity contribution >= 4 is 16.9 Å². The molecule has 0 radical (unpaired) electrons. The van der Waals surface area contributed by atoms with Crippen LogP contribution in [0.2, 0.25) is 0 Å². The summed E-state index contributed by atoms with van der Waals surface area (Å²) in [5, 5.41) is 11.9. The van der Waals surface area contributed by atoms with Crippen LogP contribution in [0.5, 0.6) is 0 Å². The van der Waals surface area contributed by atoms with Crippen molar-refractivity contribution in [1.82, 2.24) is 14.9 Å². The van der Waals surface area contributed by atoms with Crippen molar-refractivity contribution in [2.45, 2.75) is 33.3 Å². The number of carbonyl (C=O) groups is 1. The molecule has 1 fully saturated rings. The molecule has 30 heavy (non-hydrogen) atoms. The number of carbonyl (C=O) groups excluding carboxylic acids is 1. The molecule has 3 aromatic rings. The lowest BCUT2D eigenvalue weighted by molar-refractivity contribution is -0.147. The van der Waals surface area contributed by atoms with Gasteiger partial charge >= 0.3 is 0 Å². The number of fused-ring (bicyclic) bond motifs is 1. The summed E-state index contributed by atoms with van der Waals surface area (Å²) in [5.41, 5.74) is 0.866. The van der Waals surface area contributed by atoms with Gasteiger partial charge in [-0.2, -0.15) is 0 Å². The number of piperidine rings is 1. The Hall–Kier alpha value is -2.80. The normalized spacial score (nSPS) is 24.4. The van der Waals surface area contributed by atoms with E-state index < -0.39 is 17.2 Å². The Morgan fingerprint density at radius 2 is 1.90 bits per heavy atom. The molecule has 2 aromatic heterocycles. The number of aromatic nitrogens is 2. The van der Waals surface area contributed by atoms with Crippen LogP contribution in [0.15, 0.2) is 30.6 Å². The van der Waals surface area contributed by atoms with Crippen LogP contribution in [0.1, 0.15) is 31.9 Å². The summed E-state index contributed by atoms with van der Waals surface area (Å²) < 4.78 is 29.8. The van der Waals surface area contributed by atoms with E-state index in [1.54, 1.807) is 30.2 Å². The first-order valence-electron chi connectivity index (χ1n) is 10.0. The van der Waals surface area contributed by atoms with Crippen LogP contribution in [0, 0.1) is 30.4 Å². The van der Waals surface area contributed by atoms with Crippen molar-refractivity contribution < 1.29 is 18.7 Å². The van der Waals surface area contributed by atoms with Gasteiger partial charge in [0.15, 0.2) is 5.82 Å². The Morgan fingerprint density at radius 1 is 1.23 bits per heavy atom. The van der Waals surface area contributed by atoms with Crippen LogP contribution in [0.25, 0.3) is 22.2 Å². The Balaban J connectivity index is 1.82. The first-order valence-corrected chi connectivity index (χ1v) is 10.0. The van der Waals surface area contributed by atoms with E-state index in [1.807, 2.05) is 13.8 Å². The van der Waals surface area contributed by atoms with E-state index >= 15 is 4.39 Å². The molecule has 1 amide bonds. The number of nitrogens with zero attached hydrogens (tertiary/aromatic N) is 2. The number of aryl methyl sites for hydroxylation is 1. The highest BCUT2D eigenvalue weighted by Crippen LogP contribution is 2.45. The Morgan fingerprint density at radius 3 is 2.50 bits per heavy atom. The quantitative estimate of drug-likeness (QED) is 0.664. The summed E-state index contributed by atoms with van der Waals surface area (Å²) in [4.78, 5) is 20.4. The van der Waals surface area contributed by atoms with Crippen molar-refractivity contribution in [2.75, 3.05) is 13.1 Å². The SMILES string of the molecule is CC(=O)N1C[C@@H](C)C(O)(c2c(C)cc(-c3ccnc4[nH]cc(F)c34)cc2F)[C@@H](C)C1. The predicted octanol–water partition coefficient (Wildman–Crippen LogP) is 4.14. The van der Waals surface area contributed by atoms with E-state index in [1.165, 1.54) is 19.2 Å². The lowest BCUT2D eigenvalue weighted by atomic mass is 9.69. The van der Waals surface area contributed by atoms with Crippen LogP contribution in [0.3, 0.4) is 0 Å². The van der Waals surface area contributed by atoms with Crippen LogP contribution < -0.4 is 0 Å². The highest BCUT2D eigenvalue weighted by Gasteiger charge is 2.48. The van der Waals surface area contributed by atoms with Gasteiger partial charge in [0, 0.05) is 49.8 Å². The van der Waals surface area contributed by atoms with Crippen LogP contribution in [-0.4, -0.2) is 39.0 Å². The molecule has 1 aliphatic heterocycles. The summed E-state index contributed by atoms with van der Waals surface area (Å²) in [5.74, 6) is -1.74. The number of halogens is 2. The minimum Gasteiger partial charge on any atom is -0.384 e. The molecule has 7 heteroatoms. The molecule has 4 rings (SSSR count). The molecule has 1 unspecified atom stereocenters. The van der Waals surface area contributed by atoms with Crippen LogP contribution in [-0.2, 0) is 10.4 Å². The lowest BCUT2D eigenvalue weighted by Gasteiger charge is -2.48. The van der Waals surface area contributed by atoms with Crippen LogP contribution >= 0.6 is 0 Å². The number of rotatable bonds is 2. The lowest BCUT2D eigenvalue weighted by Crippen LogP contribution is -2.56. The second-order valence-corrected chi connectivity index (χ2v) is 8.42. The van der Waals surface area contributed by atoms with Gasteiger partial charge in [0.2, 0.25) is 5.91 Å². The van der Waals surface area contributed by atoms with E-state index in [0.717, 1.165) is 0 Å². The number of aromatic amines is 1. The standard InChI is InChI=1S/C23H25F2N3O2/c1-12-7-16(17-5-6-26-22-20(17)19(25)9-27-22)8-18(24)21(12)23(30)13(2)10-28(15(4)29)11-14(23)3/h5-9,13-14,30H,10-11H2,1-4H3,(H,26,27)/t13-,14+,23?. The molecular formula is C23H25F2N3O2. The van der Waals surface area contributed by atoms with E-state index in [9.17, 15) is 14.3 Å². The number of pyridine rings is 1. The number of hydrogen-bond acceptors (Lipinski definition) is 3. The topological polar surface area (TPSA) is 69.2 Å². The smallest absolute Gasteiger partial charge is 0.219 e. The third kappa shape index (κ3) is 2.99. The minimum atomic E-state index is -1.41. The van der Waals surface area contributed by atoms with Gasteiger partial charge < -0.3 is 15.0 Å². The molecule has 0 bridgehead atoms. The van der Waals surface area contributed by atoms with Crippen molar-refractivity contribution in [3.05, 3.63) is 53.4 Å². The molecule has 3 atom stereocenters. The predicted molar refractivity (Wildman–Crippen MR) is 111 cm³/mol. The van der Waals surface area contributed by atoms with E-state index in [2.05, 4.69) is 9.97 Å². The second-order valence-electron chi connectivity index (χ2n) is 8.42. The number of amides is 1. The molecule has 3 heterocycles. The third-order valence-electron chi connectivity index (χ3n) is 6.46. The maximum absolute atomic E-state index is 15.5. The zero-order chi connectivity index (χ0) is 21.8. The first kappa shape index (κ1) is 20.5. The average molecular weight is 413 g/mol. The number of hydrogen-bond donors (Lipinski definition) is 2. The highest BCUT2D eigenvalue weighted by atomic mass is 19.1. The van der Waals surface area contributed by atoms with Crippen LogP contribution in [0.4, 0.5) is 8.78 Å². The monoisotopic (exact) mass is 413 g/mol. The van der Waals surface area contributed by atoms with Gasteiger partial charge in [-0.1, -0.05) is 19.9 Å². The minimum absolute atomic E-state index is 0.0569. The highest BCUT2D eigenvalue weighted by molar-refractivity contribution is 5.93. The second kappa shape index (κ2) is 7.16. The molecule has 1 aromatic carbocycles. The number of nitrogens with one attached hydrogen (secondary N) is 1. The Kier molecular flexibility index (Phi) is 4.89. The Bertz CT molecular complexity index is 1110. The van der Waals surface area contributed by atoms with Crippen molar-refractivity contribution in [3.63, 3.8) is 0 Å². The summed E-state index contributed by atoms with van der Waals surface area (Å²) in [6.45, 7) is 7.63. The molecule has 2 N–H and O–H groups in total. The van der Waals surface area contributed by atoms with Gasteiger partial charge in [0.05, 0.1) is 5.39 Å². The number of aliphatic hydroxyl groups is 1. The Labute approximate surface area is 173 Å². The molecule has 0 saturated carbocycles. The summed E-state index contributed by atoms with van der Waals surface area (Å²) in [7, 11) is 0. The van der Waals surface area contributed by atoms with Crippen molar-refractivity contribution in [1.29, 1.82) is 0 Å². The van der Waals surface area contributed by atoms with Gasteiger partial charge in [-0.25, -0.2) is 13.8 Å². The van der Waals surface area contributed by atoms with E-state index in [4.69, 9.17) is 0 Å². The zero-order valence-corrected chi connectivity index (χ0v) is 17.5. The van der Waals surface area contributed by atoms with Crippen molar-refractivity contribution in [3.8, 4) is 11.1 Å². The van der Waals surface area contributed by atoms with Gasteiger partial charge in [0.25, 0.3) is 0 Å². The summed E-state index contributed by atoms with van der Waals surface area (Å²) >= 11 is 0. The molecule has 0 aliphatic carbocycles. The molecule has 5 nitrogen and oxygen atoms in total. The zero-order valence-electron chi connectivity index (χ0n) is 17.5. The molecule has 158 valence electrons. The van der Waals surface area contributed by atoms with Gasteiger partial charge in [0.1, 0.15) is 17.1 Å². The van der Waals surface area contributed by atoms with Gasteiger partial charge in [-0.15, -0.1) is 0 Å². The van der Waals surface area contributed by atoms with E-state index in [-0.39, 0.29) is 23.3 Å².